The molecule has 2 N–H and O–H groups in total. The first-order valence-corrected chi connectivity index (χ1v) is 8.13. The van der Waals surface area contributed by atoms with E-state index in [0.717, 1.165) is 11.4 Å². The molecule has 1 atom stereocenters. The Bertz CT molecular complexity index is 838. The largest absolute Gasteiger partial charge is 0.387 e. The van der Waals surface area contributed by atoms with Crippen LogP contribution >= 0.6 is 11.6 Å². The van der Waals surface area contributed by atoms with Crippen LogP contribution < -0.4 is 5.32 Å². The molecule has 24 heavy (non-hydrogen) atoms. The highest BCUT2D eigenvalue weighted by Gasteiger charge is 2.21. The third-order valence-electron chi connectivity index (χ3n) is 3.66. The quantitative estimate of drug-likeness (QED) is 0.759. The first kappa shape index (κ1) is 16.7. The molecule has 0 spiro atoms. The average molecular weight is 346 g/mol. The highest BCUT2D eigenvalue weighted by atomic mass is 35.5. The molecule has 2 aromatic heterocycles. The molecular weight excluding hydrogens is 326 g/mol. The number of benzene rings is 1. The van der Waals surface area contributed by atoms with Crippen molar-refractivity contribution in [2.75, 3.05) is 11.9 Å². The zero-order valence-electron chi connectivity index (χ0n) is 13.9. The lowest BCUT2D eigenvalue weighted by molar-refractivity contribution is 0.191. The zero-order valence-corrected chi connectivity index (χ0v) is 14.6. The van der Waals surface area contributed by atoms with E-state index in [1.54, 1.807) is 16.6 Å². The standard InChI is InChI=1S/C17H20ClN5O/c1-17(2,3)16-21-20-15-9-8-14(22-23(15)16)19-10-13(24)11-4-6-12(18)7-5-11/h4-9,13,24H,10H2,1-3H3,(H,19,22). The summed E-state index contributed by atoms with van der Waals surface area (Å²) in [5, 5.41) is 26.9. The lowest BCUT2D eigenvalue weighted by Crippen LogP contribution is -2.18. The molecule has 1 unspecified atom stereocenters. The summed E-state index contributed by atoms with van der Waals surface area (Å²) in [7, 11) is 0. The number of aliphatic hydroxyl groups excluding tert-OH is 1. The summed E-state index contributed by atoms with van der Waals surface area (Å²) in [6, 6.07) is 10.8. The molecule has 0 aliphatic heterocycles. The Morgan fingerprint density at radius 3 is 2.50 bits per heavy atom. The monoisotopic (exact) mass is 345 g/mol. The summed E-state index contributed by atoms with van der Waals surface area (Å²) in [6.07, 6.45) is -0.650. The summed E-state index contributed by atoms with van der Waals surface area (Å²) >= 11 is 5.86. The van der Waals surface area contributed by atoms with Gasteiger partial charge in [0, 0.05) is 17.0 Å². The Morgan fingerprint density at radius 2 is 1.83 bits per heavy atom. The third-order valence-corrected chi connectivity index (χ3v) is 3.92. The van der Waals surface area contributed by atoms with E-state index in [-0.39, 0.29) is 5.41 Å². The first-order chi connectivity index (χ1) is 11.3. The number of rotatable bonds is 4. The van der Waals surface area contributed by atoms with Gasteiger partial charge in [-0.05, 0) is 29.8 Å². The maximum Gasteiger partial charge on any atom is 0.178 e. The molecule has 0 aliphatic rings. The van der Waals surface area contributed by atoms with E-state index in [1.165, 1.54) is 0 Å². The van der Waals surface area contributed by atoms with Gasteiger partial charge < -0.3 is 10.4 Å². The molecule has 1 aromatic carbocycles. The Kier molecular flexibility index (Phi) is 4.43. The van der Waals surface area contributed by atoms with Crippen molar-refractivity contribution in [3.63, 3.8) is 0 Å². The minimum atomic E-state index is -0.650. The molecule has 0 saturated heterocycles. The van der Waals surface area contributed by atoms with E-state index in [1.807, 2.05) is 24.3 Å². The van der Waals surface area contributed by atoms with Gasteiger partial charge in [0.05, 0.1) is 6.10 Å². The van der Waals surface area contributed by atoms with E-state index < -0.39 is 6.10 Å². The topological polar surface area (TPSA) is 75.3 Å². The maximum absolute atomic E-state index is 10.3. The molecule has 3 rings (SSSR count). The second-order valence-corrected chi connectivity index (χ2v) is 7.15. The van der Waals surface area contributed by atoms with E-state index >= 15 is 0 Å². The second-order valence-electron chi connectivity index (χ2n) is 6.71. The minimum absolute atomic E-state index is 0.159. The summed E-state index contributed by atoms with van der Waals surface area (Å²) in [5.41, 5.74) is 1.34. The van der Waals surface area contributed by atoms with Gasteiger partial charge in [0.15, 0.2) is 11.5 Å². The van der Waals surface area contributed by atoms with Crippen LogP contribution in [0.2, 0.25) is 5.02 Å². The number of aliphatic hydroxyl groups is 1. The van der Waals surface area contributed by atoms with Gasteiger partial charge in [-0.2, -0.15) is 4.52 Å². The van der Waals surface area contributed by atoms with Crippen LogP contribution in [0.25, 0.3) is 5.65 Å². The fraction of sp³-hybridized carbons (Fsp3) is 0.353. The van der Waals surface area contributed by atoms with Gasteiger partial charge in [-0.15, -0.1) is 15.3 Å². The molecule has 0 bridgehead atoms. The van der Waals surface area contributed by atoms with Crippen molar-refractivity contribution >= 4 is 23.1 Å². The van der Waals surface area contributed by atoms with Crippen molar-refractivity contribution in [2.24, 2.45) is 0 Å². The second kappa shape index (κ2) is 6.37. The Morgan fingerprint density at radius 1 is 1.12 bits per heavy atom. The SMILES string of the molecule is CC(C)(C)c1nnc2ccc(NCC(O)c3ccc(Cl)cc3)nn12. The number of fused-ring (bicyclic) bond motifs is 1. The molecular formula is C17H20ClN5O. The summed E-state index contributed by atoms with van der Waals surface area (Å²) in [5.74, 6) is 1.44. The van der Waals surface area contributed by atoms with E-state index in [4.69, 9.17) is 11.6 Å². The van der Waals surface area contributed by atoms with Crippen molar-refractivity contribution in [2.45, 2.75) is 32.3 Å². The van der Waals surface area contributed by atoms with Crippen LogP contribution in [0.5, 0.6) is 0 Å². The number of anilines is 1. The van der Waals surface area contributed by atoms with E-state index in [9.17, 15) is 5.11 Å². The number of hydrogen-bond donors (Lipinski definition) is 2. The fourth-order valence-corrected chi connectivity index (χ4v) is 2.48. The van der Waals surface area contributed by atoms with Crippen LogP contribution in [0.3, 0.4) is 0 Å². The molecule has 0 aliphatic carbocycles. The number of aromatic nitrogens is 4. The first-order valence-electron chi connectivity index (χ1n) is 7.75. The molecule has 0 fully saturated rings. The normalized spacial score (nSPS) is 13.2. The number of hydrogen-bond acceptors (Lipinski definition) is 5. The van der Waals surface area contributed by atoms with Gasteiger partial charge in [-0.3, -0.25) is 0 Å². The third kappa shape index (κ3) is 3.49. The summed E-state index contributed by atoms with van der Waals surface area (Å²) in [6.45, 7) is 6.54. The minimum Gasteiger partial charge on any atom is -0.387 e. The van der Waals surface area contributed by atoms with Crippen LogP contribution in [-0.2, 0) is 5.41 Å². The van der Waals surface area contributed by atoms with Gasteiger partial charge in [0.2, 0.25) is 0 Å². The van der Waals surface area contributed by atoms with E-state index in [0.29, 0.717) is 23.0 Å². The van der Waals surface area contributed by atoms with Crippen molar-refractivity contribution in [1.29, 1.82) is 0 Å². The van der Waals surface area contributed by atoms with Gasteiger partial charge >= 0.3 is 0 Å². The van der Waals surface area contributed by atoms with Gasteiger partial charge in [-0.1, -0.05) is 44.5 Å². The van der Waals surface area contributed by atoms with E-state index in [2.05, 4.69) is 41.4 Å². The van der Waals surface area contributed by atoms with Gasteiger partial charge in [0.25, 0.3) is 0 Å². The Hall–Kier alpha value is -2.18. The van der Waals surface area contributed by atoms with Crippen molar-refractivity contribution in [3.05, 3.63) is 52.8 Å². The highest BCUT2D eigenvalue weighted by Crippen LogP contribution is 2.21. The fourth-order valence-electron chi connectivity index (χ4n) is 2.35. The van der Waals surface area contributed by atoms with Crippen LogP contribution in [0.1, 0.15) is 38.3 Å². The number of halogens is 1. The predicted molar refractivity (Wildman–Crippen MR) is 94.4 cm³/mol. The summed E-state index contributed by atoms with van der Waals surface area (Å²) in [4.78, 5) is 0. The van der Waals surface area contributed by atoms with Crippen LogP contribution in [0, 0.1) is 0 Å². The predicted octanol–water partition coefficient (Wildman–Crippen LogP) is 3.22. The Labute approximate surface area is 145 Å². The van der Waals surface area contributed by atoms with Crippen molar-refractivity contribution in [3.8, 4) is 0 Å². The van der Waals surface area contributed by atoms with Gasteiger partial charge in [0.1, 0.15) is 5.82 Å². The lowest BCUT2D eigenvalue weighted by atomic mass is 9.96. The number of nitrogens with zero attached hydrogens (tertiary/aromatic N) is 4. The lowest BCUT2D eigenvalue weighted by Gasteiger charge is -2.16. The average Bonchev–Trinajstić information content (AvgIpc) is 2.96. The number of nitrogens with one attached hydrogen (secondary N) is 1. The molecule has 0 radical (unpaired) electrons. The molecule has 2 heterocycles. The smallest absolute Gasteiger partial charge is 0.178 e. The molecule has 3 aromatic rings. The van der Waals surface area contributed by atoms with Crippen molar-refractivity contribution in [1.82, 2.24) is 19.8 Å². The molecule has 0 saturated carbocycles. The zero-order chi connectivity index (χ0) is 17.3. The molecule has 0 amide bonds. The van der Waals surface area contributed by atoms with Crippen LogP contribution in [0.4, 0.5) is 5.82 Å². The molecule has 7 heteroatoms. The van der Waals surface area contributed by atoms with Crippen LogP contribution in [-0.4, -0.2) is 31.5 Å². The summed E-state index contributed by atoms with van der Waals surface area (Å²) < 4.78 is 1.73. The van der Waals surface area contributed by atoms with Crippen LogP contribution in [0.15, 0.2) is 36.4 Å². The molecule has 6 nitrogen and oxygen atoms in total. The maximum atomic E-state index is 10.3. The molecule has 126 valence electrons. The van der Waals surface area contributed by atoms with Crippen molar-refractivity contribution < 1.29 is 5.11 Å². The van der Waals surface area contributed by atoms with Gasteiger partial charge in [-0.25, -0.2) is 0 Å². The highest BCUT2D eigenvalue weighted by molar-refractivity contribution is 6.30. The Balaban J connectivity index is 1.76.